The van der Waals surface area contributed by atoms with Gasteiger partial charge in [0.25, 0.3) is 0 Å². The van der Waals surface area contributed by atoms with E-state index in [4.69, 9.17) is 5.73 Å². The van der Waals surface area contributed by atoms with Gasteiger partial charge in [-0.25, -0.2) is 12.7 Å². The van der Waals surface area contributed by atoms with Crippen molar-refractivity contribution in [3.8, 4) is 0 Å². The number of carbonyl (C=O) groups excluding carboxylic acids is 1. The highest BCUT2D eigenvalue weighted by Crippen LogP contribution is 2.30. The summed E-state index contributed by atoms with van der Waals surface area (Å²) in [4.78, 5) is 12.8. The van der Waals surface area contributed by atoms with Crippen LogP contribution in [0.4, 0.5) is 5.69 Å². The van der Waals surface area contributed by atoms with Crippen LogP contribution < -0.4 is 11.1 Å². The van der Waals surface area contributed by atoms with Crippen LogP contribution in [0.25, 0.3) is 10.8 Å². The molecule has 0 aliphatic heterocycles. The van der Waals surface area contributed by atoms with Crippen molar-refractivity contribution < 1.29 is 13.2 Å². The summed E-state index contributed by atoms with van der Waals surface area (Å²) < 4.78 is 26.4. The molecule has 0 aromatic heterocycles. The number of anilines is 1. The maximum absolute atomic E-state index is 12.6. The lowest BCUT2D eigenvalue weighted by atomic mass is 10.1. The Balaban J connectivity index is 1.91. The van der Waals surface area contributed by atoms with Gasteiger partial charge in [0.1, 0.15) is 0 Å². The topological polar surface area (TPSA) is 92.5 Å². The quantitative estimate of drug-likeness (QED) is 0.669. The van der Waals surface area contributed by atoms with E-state index in [-0.39, 0.29) is 10.8 Å². The number of nitrogens with one attached hydrogen (secondary N) is 1. The van der Waals surface area contributed by atoms with E-state index in [1.165, 1.54) is 18.4 Å². The van der Waals surface area contributed by atoms with Crippen molar-refractivity contribution in [2.45, 2.75) is 17.4 Å². The SMILES string of the molecule is CN(C)S(=O)(=O)c1cccc2c(NC(=O)[C@@H](N)Cc3ccccc3)cccc12. The largest absolute Gasteiger partial charge is 0.324 e. The van der Waals surface area contributed by atoms with Gasteiger partial charge in [0.15, 0.2) is 0 Å². The lowest BCUT2D eigenvalue weighted by Gasteiger charge is -2.16. The minimum absolute atomic E-state index is 0.194. The molecule has 3 aromatic rings. The Labute approximate surface area is 165 Å². The van der Waals surface area contributed by atoms with Crippen LogP contribution in [0.15, 0.2) is 71.6 Å². The van der Waals surface area contributed by atoms with E-state index in [1.807, 2.05) is 30.3 Å². The Bertz CT molecular complexity index is 1100. The molecule has 3 rings (SSSR count). The molecule has 7 heteroatoms. The molecule has 0 spiro atoms. The molecule has 0 saturated carbocycles. The zero-order chi connectivity index (χ0) is 20.3. The van der Waals surface area contributed by atoms with Crippen LogP contribution in [0.5, 0.6) is 0 Å². The van der Waals surface area contributed by atoms with Crippen LogP contribution in [0, 0.1) is 0 Å². The summed E-state index contributed by atoms with van der Waals surface area (Å²) in [6, 6.07) is 19.0. The lowest BCUT2D eigenvalue weighted by molar-refractivity contribution is -0.117. The first kappa shape index (κ1) is 20.0. The van der Waals surface area contributed by atoms with E-state index < -0.39 is 16.1 Å². The molecule has 146 valence electrons. The number of carbonyl (C=O) groups is 1. The molecule has 0 aliphatic carbocycles. The highest BCUT2D eigenvalue weighted by molar-refractivity contribution is 7.89. The number of amides is 1. The summed E-state index contributed by atoms with van der Waals surface area (Å²) in [7, 11) is -0.633. The molecular weight excluding hydrogens is 374 g/mol. The number of hydrogen-bond acceptors (Lipinski definition) is 4. The Kier molecular flexibility index (Phi) is 5.79. The van der Waals surface area contributed by atoms with Crippen LogP contribution in [0.3, 0.4) is 0 Å². The van der Waals surface area contributed by atoms with Gasteiger partial charge in [-0.1, -0.05) is 54.6 Å². The molecule has 0 fully saturated rings. The van der Waals surface area contributed by atoms with Crippen LogP contribution in [0.2, 0.25) is 0 Å². The van der Waals surface area contributed by atoms with Crippen molar-refractivity contribution in [3.05, 3.63) is 72.3 Å². The molecule has 1 amide bonds. The lowest BCUT2D eigenvalue weighted by Crippen LogP contribution is -2.37. The second-order valence-corrected chi connectivity index (χ2v) is 8.85. The number of nitrogens with two attached hydrogens (primary N) is 1. The fourth-order valence-corrected chi connectivity index (χ4v) is 4.10. The van der Waals surface area contributed by atoms with Crippen molar-refractivity contribution in [3.63, 3.8) is 0 Å². The molecule has 6 nitrogen and oxygen atoms in total. The summed E-state index contributed by atoms with van der Waals surface area (Å²) in [6.45, 7) is 0. The molecule has 0 radical (unpaired) electrons. The average molecular weight is 398 g/mol. The monoisotopic (exact) mass is 397 g/mol. The van der Waals surface area contributed by atoms with Crippen molar-refractivity contribution in [1.82, 2.24) is 4.31 Å². The van der Waals surface area contributed by atoms with Gasteiger partial charge in [-0.3, -0.25) is 4.79 Å². The van der Waals surface area contributed by atoms with E-state index in [9.17, 15) is 13.2 Å². The van der Waals surface area contributed by atoms with Crippen molar-refractivity contribution >= 4 is 32.4 Å². The summed E-state index contributed by atoms with van der Waals surface area (Å²) in [5.74, 6) is -0.322. The Morgan fingerprint density at radius 2 is 1.61 bits per heavy atom. The summed E-state index contributed by atoms with van der Waals surface area (Å²) in [5.41, 5.74) is 7.57. The molecule has 1 atom stereocenters. The van der Waals surface area contributed by atoms with Crippen LogP contribution in [0.1, 0.15) is 5.56 Å². The van der Waals surface area contributed by atoms with Crippen molar-refractivity contribution in [2.75, 3.05) is 19.4 Å². The average Bonchev–Trinajstić information content (AvgIpc) is 2.68. The van der Waals surface area contributed by atoms with Gasteiger partial charge in [-0.05, 0) is 24.1 Å². The number of rotatable bonds is 6. The van der Waals surface area contributed by atoms with Crippen LogP contribution in [-0.2, 0) is 21.2 Å². The zero-order valence-corrected chi connectivity index (χ0v) is 16.6. The predicted octanol–water partition coefficient (Wildman–Crippen LogP) is 2.60. The van der Waals surface area contributed by atoms with Gasteiger partial charge < -0.3 is 11.1 Å². The molecule has 0 aliphatic rings. The number of hydrogen-bond donors (Lipinski definition) is 2. The summed E-state index contributed by atoms with van der Waals surface area (Å²) in [6.07, 6.45) is 0.414. The van der Waals surface area contributed by atoms with Gasteiger partial charge in [-0.15, -0.1) is 0 Å². The van der Waals surface area contributed by atoms with Gasteiger partial charge >= 0.3 is 0 Å². The highest BCUT2D eigenvalue weighted by atomic mass is 32.2. The fourth-order valence-electron chi connectivity index (χ4n) is 3.00. The molecule has 3 N–H and O–H groups in total. The number of nitrogens with zero attached hydrogens (tertiary/aromatic N) is 1. The second-order valence-electron chi connectivity index (χ2n) is 6.73. The molecule has 0 unspecified atom stereocenters. The van der Waals surface area contributed by atoms with E-state index in [0.29, 0.717) is 22.9 Å². The third kappa shape index (κ3) is 4.06. The molecule has 3 aromatic carbocycles. The maximum atomic E-state index is 12.6. The third-order valence-corrected chi connectivity index (χ3v) is 6.41. The van der Waals surface area contributed by atoms with Crippen molar-refractivity contribution in [2.24, 2.45) is 5.73 Å². The Morgan fingerprint density at radius 3 is 2.29 bits per heavy atom. The maximum Gasteiger partial charge on any atom is 0.243 e. The van der Waals surface area contributed by atoms with E-state index in [1.54, 1.807) is 36.4 Å². The zero-order valence-electron chi connectivity index (χ0n) is 15.8. The van der Waals surface area contributed by atoms with Gasteiger partial charge in [0.05, 0.1) is 10.9 Å². The minimum atomic E-state index is -3.61. The Morgan fingerprint density at radius 1 is 0.964 bits per heavy atom. The third-order valence-electron chi connectivity index (χ3n) is 4.53. The Hall–Kier alpha value is -2.74. The van der Waals surface area contributed by atoms with E-state index in [0.717, 1.165) is 5.56 Å². The first-order chi connectivity index (χ1) is 13.3. The van der Waals surface area contributed by atoms with Gasteiger partial charge in [0.2, 0.25) is 15.9 Å². The summed E-state index contributed by atoms with van der Waals surface area (Å²) >= 11 is 0. The first-order valence-corrected chi connectivity index (χ1v) is 10.3. The number of fused-ring (bicyclic) bond motifs is 1. The minimum Gasteiger partial charge on any atom is -0.324 e. The van der Waals surface area contributed by atoms with E-state index >= 15 is 0 Å². The molecular formula is C21H23N3O3S. The predicted molar refractivity (Wildman–Crippen MR) is 112 cm³/mol. The van der Waals surface area contributed by atoms with E-state index in [2.05, 4.69) is 5.32 Å². The van der Waals surface area contributed by atoms with Gasteiger partial charge in [0, 0.05) is 30.6 Å². The molecule has 0 bridgehead atoms. The number of benzene rings is 3. The molecule has 0 saturated heterocycles. The van der Waals surface area contributed by atoms with Crippen LogP contribution in [-0.4, -0.2) is 38.8 Å². The van der Waals surface area contributed by atoms with Crippen LogP contribution >= 0.6 is 0 Å². The highest BCUT2D eigenvalue weighted by Gasteiger charge is 2.21. The van der Waals surface area contributed by atoms with Gasteiger partial charge in [-0.2, -0.15) is 0 Å². The molecule has 0 heterocycles. The first-order valence-electron chi connectivity index (χ1n) is 8.85. The fraction of sp³-hybridized carbons (Fsp3) is 0.190. The standard InChI is InChI=1S/C21H23N3O3S/c1-24(2)28(26,27)20-13-7-10-16-17(20)11-6-12-19(16)23-21(25)18(22)14-15-8-4-3-5-9-15/h3-13,18H,14,22H2,1-2H3,(H,23,25)/t18-/m0/s1. The van der Waals surface area contributed by atoms with Crippen molar-refractivity contribution in [1.29, 1.82) is 0 Å². The summed E-state index contributed by atoms with van der Waals surface area (Å²) in [5, 5.41) is 4.03. The number of sulfonamides is 1. The molecule has 28 heavy (non-hydrogen) atoms. The normalized spacial score (nSPS) is 12.9. The smallest absolute Gasteiger partial charge is 0.243 e. The second kappa shape index (κ2) is 8.10.